The molecule has 20 heavy (non-hydrogen) atoms. The van der Waals surface area contributed by atoms with Crippen LogP contribution in [0.5, 0.6) is 0 Å². The molecule has 1 unspecified atom stereocenters. The molecule has 1 fully saturated rings. The molecule has 0 saturated carbocycles. The van der Waals surface area contributed by atoms with Crippen molar-refractivity contribution >= 4 is 22.9 Å². The number of imidazole rings is 1. The number of aromatic nitrogens is 2. The summed E-state index contributed by atoms with van der Waals surface area (Å²) in [6, 6.07) is 4.20. The predicted octanol–water partition coefficient (Wildman–Crippen LogP) is 1.94. The highest BCUT2D eigenvalue weighted by molar-refractivity contribution is 5.85. The Morgan fingerprint density at radius 2 is 2.10 bits per heavy atom. The Hall–Kier alpha value is -2.11. The molecule has 2 aromatic rings. The molecule has 1 aliphatic heterocycles. The van der Waals surface area contributed by atoms with E-state index in [0.717, 1.165) is 25.9 Å². The second-order valence-corrected chi connectivity index (χ2v) is 5.16. The summed E-state index contributed by atoms with van der Waals surface area (Å²) >= 11 is 0. The normalized spacial score (nSPS) is 16.8. The minimum Gasteiger partial charge on any atom is -0.369 e. The van der Waals surface area contributed by atoms with Crippen LogP contribution in [0.25, 0.3) is 11.0 Å². The number of carbonyl (C=O) groups is 1. The molecule has 0 radical (unpaired) electrons. The zero-order chi connectivity index (χ0) is 14.3. The molecule has 0 bridgehead atoms. The third-order valence-corrected chi connectivity index (χ3v) is 3.86. The van der Waals surface area contributed by atoms with E-state index in [0.29, 0.717) is 5.52 Å². The van der Waals surface area contributed by atoms with E-state index in [2.05, 4.69) is 4.98 Å². The Morgan fingerprint density at radius 3 is 2.80 bits per heavy atom. The summed E-state index contributed by atoms with van der Waals surface area (Å²) in [6.45, 7) is 3.34. The average molecular weight is 276 g/mol. The number of nitrogens with two attached hydrogens (primary N) is 1. The molecular formula is C14H17FN4O. The number of rotatable bonds is 2. The van der Waals surface area contributed by atoms with Crippen molar-refractivity contribution < 1.29 is 9.18 Å². The molecule has 2 heterocycles. The van der Waals surface area contributed by atoms with Gasteiger partial charge in [0.2, 0.25) is 11.9 Å². The van der Waals surface area contributed by atoms with Crippen LogP contribution < -0.4 is 5.73 Å². The minimum atomic E-state index is -0.472. The van der Waals surface area contributed by atoms with E-state index < -0.39 is 11.9 Å². The van der Waals surface area contributed by atoms with E-state index in [1.807, 2.05) is 4.90 Å². The standard InChI is InChI=1S/C14H17FN4O/c1-9(13(20)18-7-2-3-8-18)19-11-6-4-5-10(15)12(11)17-14(19)16/h4-6,9H,2-3,7-8H2,1H3,(H2,16,17). The largest absolute Gasteiger partial charge is 0.369 e. The van der Waals surface area contributed by atoms with E-state index in [-0.39, 0.29) is 17.4 Å². The van der Waals surface area contributed by atoms with Gasteiger partial charge in [0.05, 0.1) is 5.52 Å². The highest BCUT2D eigenvalue weighted by atomic mass is 19.1. The second-order valence-electron chi connectivity index (χ2n) is 5.16. The zero-order valence-electron chi connectivity index (χ0n) is 11.3. The van der Waals surface area contributed by atoms with Gasteiger partial charge in [-0.05, 0) is 31.9 Å². The van der Waals surface area contributed by atoms with Gasteiger partial charge in [0, 0.05) is 13.1 Å². The summed E-state index contributed by atoms with van der Waals surface area (Å²) in [5, 5.41) is 0. The average Bonchev–Trinajstić information content (AvgIpc) is 3.05. The molecule has 5 nitrogen and oxygen atoms in total. The maximum absolute atomic E-state index is 13.7. The quantitative estimate of drug-likeness (QED) is 0.911. The molecule has 0 spiro atoms. The lowest BCUT2D eigenvalue weighted by Gasteiger charge is -2.22. The SMILES string of the molecule is CC(C(=O)N1CCCC1)n1c(N)nc2c(F)cccc21. The van der Waals surface area contributed by atoms with Crippen molar-refractivity contribution in [3.8, 4) is 0 Å². The van der Waals surface area contributed by atoms with Crippen molar-refractivity contribution in [3.05, 3.63) is 24.0 Å². The van der Waals surface area contributed by atoms with Crippen molar-refractivity contribution in [1.29, 1.82) is 0 Å². The number of para-hydroxylation sites is 1. The second kappa shape index (κ2) is 4.77. The van der Waals surface area contributed by atoms with Gasteiger partial charge in [-0.15, -0.1) is 0 Å². The lowest BCUT2D eigenvalue weighted by Crippen LogP contribution is -2.34. The molecule has 1 aromatic heterocycles. The first-order valence-corrected chi connectivity index (χ1v) is 6.80. The number of fused-ring (bicyclic) bond motifs is 1. The number of anilines is 1. The van der Waals surface area contributed by atoms with E-state index in [1.165, 1.54) is 6.07 Å². The summed E-state index contributed by atoms with van der Waals surface area (Å²) in [5.74, 6) is -0.239. The van der Waals surface area contributed by atoms with Crippen LogP contribution in [-0.2, 0) is 4.79 Å². The Morgan fingerprint density at radius 1 is 1.40 bits per heavy atom. The van der Waals surface area contributed by atoms with Gasteiger partial charge in [-0.1, -0.05) is 6.07 Å². The van der Waals surface area contributed by atoms with Crippen molar-refractivity contribution in [2.75, 3.05) is 18.8 Å². The van der Waals surface area contributed by atoms with Gasteiger partial charge in [-0.25, -0.2) is 9.37 Å². The van der Waals surface area contributed by atoms with Crippen LogP contribution in [0.4, 0.5) is 10.3 Å². The van der Waals surface area contributed by atoms with Gasteiger partial charge in [0.25, 0.3) is 0 Å². The topological polar surface area (TPSA) is 64.2 Å². The van der Waals surface area contributed by atoms with Gasteiger partial charge in [0.1, 0.15) is 11.6 Å². The first-order valence-electron chi connectivity index (χ1n) is 6.80. The number of nitrogens with zero attached hydrogens (tertiary/aromatic N) is 3. The van der Waals surface area contributed by atoms with Crippen LogP contribution in [0.2, 0.25) is 0 Å². The highest BCUT2D eigenvalue weighted by Crippen LogP contribution is 2.26. The Labute approximate surface area is 116 Å². The van der Waals surface area contributed by atoms with Crippen LogP contribution in [0, 0.1) is 5.82 Å². The first kappa shape index (κ1) is 12.9. The van der Waals surface area contributed by atoms with Crippen LogP contribution >= 0.6 is 0 Å². The number of carbonyl (C=O) groups excluding carboxylic acids is 1. The number of likely N-dealkylation sites (tertiary alicyclic amines) is 1. The van der Waals surface area contributed by atoms with Gasteiger partial charge in [-0.3, -0.25) is 9.36 Å². The number of benzene rings is 1. The van der Waals surface area contributed by atoms with E-state index in [9.17, 15) is 9.18 Å². The Kier molecular flexibility index (Phi) is 3.08. The third kappa shape index (κ3) is 1.92. The van der Waals surface area contributed by atoms with Crippen LogP contribution in [-0.4, -0.2) is 33.4 Å². The van der Waals surface area contributed by atoms with Crippen molar-refractivity contribution in [1.82, 2.24) is 14.5 Å². The molecule has 1 saturated heterocycles. The number of nitrogen functional groups attached to an aromatic ring is 1. The summed E-state index contributed by atoms with van der Waals surface area (Å²) < 4.78 is 15.3. The van der Waals surface area contributed by atoms with E-state index in [4.69, 9.17) is 5.73 Å². The molecular weight excluding hydrogens is 259 g/mol. The fraction of sp³-hybridized carbons (Fsp3) is 0.429. The van der Waals surface area contributed by atoms with Crippen LogP contribution in [0.15, 0.2) is 18.2 Å². The maximum Gasteiger partial charge on any atom is 0.245 e. The monoisotopic (exact) mass is 276 g/mol. The van der Waals surface area contributed by atoms with Crippen LogP contribution in [0.3, 0.4) is 0 Å². The number of hydrogen-bond acceptors (Lipinski definition) is 3. The molecule has 6 heteroatoms. The summed E-state index contributed by atoms with van der Waals surface area (Å²) in [5.41, 5.74) is 6.65. The minimum absolute atomic E-state index is 0.0118. The molecule has 1 atom stereocenters. The highest BCUT2D eigenvalue weighted by Gasteiger charge is 2.27. The molecule has 3 rings (SSSR count). The van der Waals surface area contributed by atoms with Gasteiger partial charge in [0.15, 0.2) is 5.82 Å². The Bertz CT molecular complexity index is 660. The molecule has 106 valence electrons. The van der Waals surface area contributed by atoms with Crippen molar-refractivity contribution in [3.63, 3.8) is 0 Å². The molecule has 2 N–H and O–H groups in total. The molecule has 1 amide bonds. The van der Waals surface area contributed by atoms with Crippen LogP contribution in [0.1, 0.15) is 25.8 Å². The molecule has 1 aliphatic rings. The predicted molar refractivity (Wildman–Crippen MR) is 74.6 cm³/mol. The Balaban J connectivity index is 2.02. The van der Waals surface area contributed by atoms with E-state index in [1.54, 1.807) is 23.6 Å². The smallest absolute Gasteiger partial charge is 0.245 e. The lowest BCUT2D eigenvalue weighted by atomic mass is 10.2. The first-order chi connectivity index (χ1) is 9.59. The fourth-order valence-corrected chi connectivity index (χ4v) is 2.82. The maximum atomic E-state index is 13.7. The van der Waals surface area contributed by atoms with Gasteiger partial charge < -0.3 is 10.6 Å². The van der Waals surface area contributed by atoms with Gasteiger partial charge in [-0.2, -0.15) is 0 Å². The number of amides is 1. The fourth-order valence-electron chi connectivity index (χ4n) is 2.82. The summed E-state index contributed by atoms with van der Waals surface area (Å²) in [4.78, 5) is 18.3. The lowest BCUT2D eigenvalue weighted by molar-refractivity contribution is -0.133. The summed E-state index contributed by atoms with van der Waals surface area (Å²) in [6.07, 6.45) is 2.07. The number of hydrogen-bond donors (Lipinski definition) is 1. The molecule has 1 aromatic carbocycles. The van der Waals surface area contributed by atoms with Crippen molar-refractivity contribution in [2.45, 2.75) is 25.8 Å². The van der Waals surface area contributed by atoms with Crippen molar-refractivity contribution in [2.24, 2.45) is 0 Å². The molecule has 0 aliphatic carbocycles. The van der Waals surface area contributed by atoms with E-state index >= 15 is 0 Å². The summed E-state index contributed by atoms with van der Waals surface area (Å²) in [7, 11) is 0. The zero-order valence-corrected chi connectivity index (χ0v) is 11.3. The number of halogens is 1. The van der Waals surface area contributed by atoms with Gasteiger partial charge >= 0.3 is 0 Å². The third-order valence-electron chi connectivity index (χ3n) is 3.86.